The molecule has 0 heterocycles. The normalized spacial score (nSPS) is 17.6. The van der Waals surface area contributed by atoms with Crippen LogP contribution in [0.5, 0.6) is 0 Å². The van der Waals surface area contributed by atoms with Gasteiger partial charge in [0.1, 0.15) is 18.4 Å². The van der Waals surface area contributed by atoms with E-state index in [1.54, 1.807) is 11.8 Å². The lowest BCUT2D eigenvalue weighted by Crippen LogP contribution is -2.55. The van der Waals surface area contributed by atoms with Crippen LogP contribution in [-0.2, 0) is 19.2 Å². The van der Waals surface area contributed by atoms with Crippen molar-refractivity contribution in [1.29, 1.82) is 0 Å². The minimum absolute atomic E-state index is 0.180. The maximum atomic E-state index is 13.0. The highest BCUT2D eigenvalue weighted by Crippen LogP contribution is 2.27. The second kappa shape index (κ2) is 14.4. The van der Waals surface area contributed by atoms with Crippen LogP contribution in [0.3, 0.4) is 0 Å². The SMILES string of the molecule is CSCC[C@@H](C=O)NC(=O)[C@H](CC(C)C)NC(=O)C(CC1CCCCC1)NC(C)=O. The van der Waals surface area contributed by atoms with Crippen molar-refractivity contribution in [3.8, 4) is 0 Å². The van der Waals surface area contributed by atoms with E-state index in [1.165, 1.54) is 13.3 Å². The summed E-state index contributed by atoms with van der Waals surface area (Å²) >= 11 is 1.61. The van der Waals surface area contributed by atoms with Gasteiger partial charge in [0.2, 0.25) is 17.7 Å². The van der Waals surface area contributed by atoms with Crippen LogP contribution in [0, 0.1) is 11.8 Å². The lowest BCUT2D eigenvalue weighted by molar-refractivity contribution is -0.133. The summed E-state index contributed by atoms with van der Waals surface area (Å²) in [5, 5.41) is 8.36. The number of rotatable bonds is 13. The molecule has 1 unspecified atom stereocenters. The Labute approximate surface area is 185 Å². The van der Waals surface area contributed by atoms with Crippen molar-refractivity contribution in [1.82, 2.24) is 16.0 Å². The second-order valence-corrected chi connectivity index (χ2v) is 9.70. The van der Waals surface area contributed by atoms with Gasteiger partial charge < -0.3 is 20.7 Å². The molecule has 1 saturated carbocycles. The van der Waals surface area contributed by atoms with E-state index in [0.717, 1.165) is 37.7 Å². The minimum Gasteiger partial charge on any atom is -0.345 e. The molecule has 0 bridgehead atoms. The standard InChI is InChI=1S/C22H39N3O4S/c1-15(2)12-19(21(28)24-18(14-26)10-11-30-4)25-22(29)20(23-16(3)27)13-17-8-6-5-7-9-17/h14-15,17-20H,5-13H2,1-4H3,(H,23,27)(H,24,28)(H,25,29)/t18-,19-,20?/m0/s1. The molecule has 3 N–H and O–H groups in total. The molecule has 0 aromatic carbocycles. The smallest absolute Gasteiger partial charge is 0.243 e. The number of carbonyl (C=O) groups excluding carboxylic acids is 4. The van der Waals surface area contributed by atoms with Gasteiger partial charge in [0.05, 0.1) is 6.04 Å². The first kappa shape index (κ1) is 26.5. The first-order valence-electron chi connectivity index (χ1n) is 11.1. The molecule has 0 aromatic heterocycles. The van der Waals surface area contributed by atoms with Gasteiger partial charge in [0, 0.05) is 6.92 Å². The lowest BCUT2D eigenvalue weighted by Gasteiger charge is -2.28. The van der Waals surface area contributed by atoms with Crippen LogP contribution in [0.4, 0.5) is 0 Å². The summed E-state index contributed by atoms with van der Waals surface area (Å²) in [5.41, 5.74) is 0. The molecular formula is C22H39N3O4S. The molecule has 30 heavy (non-hydrogen) atoms. The third-order valence-electron chi connectivity index (χ3n) is 5.45. The quantitative estimate of drug-likeness (QED) is 0.381. The molecular weight excluding hydrogens is 402 g/mol. The Morgan fingerprint density at radius 2 is 1.63 bits per heavy atom. The Hall–Kier alpha value is -1.57. The molecule has 0 aliphatic heterocycles. The number of thioether (sulfide) groups is 1. The second-order valence-electron chi connectivity index (χ2n) is 8.72. The van der Waals surface area contributed by atoms with Crippen LogP contribution in [0.1, 0.15) is 72.1 Å². The topological polar surface area (TPSA) is 104 Å². The van der Waals surface area contributed by atoms with Crippen molar-refractivity contribution in [2.24, 2.45) is 11.8 Å². The van der Waals surface area contributed by atoms with Crippen molar-refractivity contribution < 1.29 is 19.2 Å². The van der Waals surface area contributed by atoms with Crippen molar-refractivity contribution >= 4 is 35.8 Å². The summed E-state index contributed by atoms with van der Waals surface area (Å²) < 4.78 is 0. The molecule has 1 aliphatic rings. The molecule has 0 saturated heterocycles. The molecule has 3 amide bonds. The van der Waals surface area contributed by atoms with E-state index in [1.807, 2.05) is 20.1 Å². The van der Waals surface area contributed by atoms with E-state index in [2.05, 4.69) is 16.0 Å². The predicted molar refractivity (Wildman–Crippen MR) is 121 cm³/mol. The molecule has 1 fully saturated rings. The maximum absolute atomic E-state index is 13.0. The van der Waals surface area contributed by atoms with Crippen molar-refractivity contribution in [3.05, 3.63) is 0 Å². The fraction of sp³-hybridized carbons (Fsp3) is 0.818. The van der Waals surface area contributed by atoms with E-state index in [4.69, 9.17) is 0 Å². The van der Waals surface area contributed by atoms with E-state index >= 15 is 0 Å². The predicted octanol–water partition coefficient (Wildman–Crippen LogP) is 2.43. The van der Waals surface area contributed by atoms with E-state index < -0.39 is 18.1 Å². The molecule has 172 valence electrons. The van der Waals surface area contributed by atoms with Gasteiger partial charge >= 0.3 is 0 Å². The van der Waals surface area contributed by atoms with Crippen LogP contribution in [0.25, 0.3) is 0 Å². The van der Waals surface area contributed by atoms with Crippen molar-refractivity contribution in [3.63, 3.8) is 0 Å². The molecule has 0 spiro atoms. The van der Waals surface area contributed by atoms with Crippen molar-refractivity contribution in [2.45, 2.75) is 90.3 Å². The summed E-state index contributed by atoms with van der Waals surface area (Å²) in [7, 11) is 0. The zero-order valence-electron chi connectivity index (χ0n) is 18.9. The van der Waals surface area contributed by atoms with Gasteiger partial charge in [-0.1, -0.05) is 46.0 Å². The molecule has 1 rings (SSSR count). The fourth-order valence-electron chi connectivity index (χ4n) is 3.91. The first-order chi connectivity index (χ1) is 14.3. The van der Waals surface area contributed by atoms with Crippen LogP contribution in [-0.4, -0.2) is 54.1 Å². The average Bonchev–Trinajstić information content (AvgIpc) is 2.70. The monoisotopic (exact) mass is 441 g/mol. The summed E-state index contributed by atoms with van der Waals surface area (Å²) in [6, 6.07) is -1.95. The highest BCUT2D eigenvalue weighted by molar-refractivity contribution is 7.98. The third kappa shape index (κ3) is 10.5. The fourth-order valence-corrected chi connectivity index (χ4v) is 4.40. The maximum Gasteiger partial charge on any atom is 0.243 e. The summed E-state index contributed by atoms with van der Waals surface area (Å²) in [4.78, 5) is 48.8. The zero-order chi connectivity index (χ0) is 22.5. The summed E-state index contributed by atoms with van der Waals surface area (Å²) in [6.07, 6.45) is 9.94. The third-order valence-corrected chi connectivity index (χ3v) is 6.10. The number of aldehydes is 1. The van der Waals surface area contributed by atoms with E-state index in [-0.39, 0.29) is 23.6 Å². The lowest BCUT2D eigenvalue weighted by atomic mass is 9.84. The Morgan fingerprint density at radius 1 is 1.00 bits per heavy atom. The van der Waals surface area contributed by atoms with E-state index in [0.29, 0.717) is 25.2 Å². The van der Waals surface area contributed by atoms with Gasteiger partial charge in [0.15, 0.2) is 0 Å². The Bertz CT molecular complexity index is 565. The molecule has 3 atom stereocenters. The molecule has 0 radical (unpaired) electrons. The Balaban J connectivity index is 2.81. The number of amides is 3. The van der Waals surface area contributed by atoms with Gasteiger partial charge in [-0.2, -0.15) is 11.8 Å². The number of hydrogen-bond acceptors (Lipinski definition) is 5. The van der Waals surface area contributed by atoms with Crippen LogP contribution < -0.4 is 16.0 Å². The van der Waals surface area contributed by atoms with Gasteiger partial charge in [-0.3, -0.25) is 14.4 Å². The number of nitrogens with one attached hydrogen (secondary N) is 3. The highest BCUT2D eigenvalue weighted by Gasteiger charge is 2.30. The Morgan fingerprint density at radius 3 is 2.17 bits per heavy atom. The molecule has 1 aliphatic carbocycles. The number of hydrogen-bond donors (Lipinski definition) is 3. The highest BCUT2D eigenvalue weighted by atomic mass is 32.2. The molecule has 8 heteroatoms. The molecule has 7 nitrogen and oxygen atoms in total. The first-order valence-corrected chi connectivity index (χ1v) is 12.5. The zero-order valence-corrected chi connectivity index (χ0v) is 19.7. The molecule has 0 aromatic rings. The van der Waals surface area contributed by atoms with E-state index in [9.17, 15) is 19.2 Å². The average molecular weight is 442 g/mol. The van der Waals surface area contributed by atoms with Gasteiger partial charge in [0.25, 0.3) is 0 Å². The van der Waals surface area contributed by atoms with Gasteiger partial charge in [-0.25, -0.2) is 0 Å². The number of carbonyl (C=O) groups is 4. The van der Waals surface area contributed by atoms with Crippen LogP contribution in [0.2, 0.25) is 0 Å². The minimum atomic E-state index is -0.739. The summed E-state index contributed by atoms with van der Waals surface area (Å²) in [6.45, 7) is 5.36. The summed E-state index contributed by atoms with van der Waals surface area (Å²) in [5.74, 6) is 0.410. The van der Waals surface area contributed by atoms with Gasteiger partial charge in [-0.05, 0) is 43.1 Å². The Kier molecular flexibility index (Phi) is 12.7. The van der Waals surface area contributed by atoms with Gasteiger partial charge in [-0.15, -0.1) is 0 Å². The van der Waals surface area contributed by atoms with Crippen LogP contribution >= 0.6 is 11.8 Å². The van der Waals surface area contributed by atoms with Crippen LogP contribution in [0.15, 0.2) is 0 Å². The van der Waals surface area contributed by atoms with Crippen molar-refractivity contribution in [2.75, 3.05) is 12.0 Å². The largest absolute Gasteiger partial charge is 0.345 e.